The summed E-state index contributed by atoms with van der Waals surface area (Å²) in [6, 6.07) is 5.15. The molecular formula is C21H22Cl3N3O2S. The Labute approximate surface area is 192 Å². The summed E-state index contributed by atoms with van der Waals surface area (Å²) in [4.78, 5) is 0.259. The summed E-state index contributed by atoms with van der Waals surface area (Å²) in [7, 11) is -3.89. The van der Waals surface area contributed by atoms with Crippen molar-refractivity contribution in [1.82, 2.24) is 9.78 Å². The van der Waals surface area contributed by atoms with Gasteiger partial charge in [-0.3, -0.25) is 9.40 Å². The fraction of sp³-hybridized carbons (Fsp3) is 0.286. The molecule has 1 aromatic heterocycles. The molecule has 3 aromatic rings. The van der Waals surface area contributed by atoms with E-state index in [9.17, 15) is 8.42 Å². The fourth-order valence-electron chi connectivity index (χ4n) is 3.42. The van der Waals surface area contributed by atoms with E-state index in [1.54, 1.807) is 24.4 Å². The predicted octanol–water partition coefficient (Wildman–Crippen LogP) is 6.23. The quantitative estimate of drug-likeness (QED) is 0.464. The van der Waals surface area contributed by atoms with Gasteiger partial charge in [0, 0.05) is 16.2 Å². The van der Waals surface area contributed by atoms with Gasteiger partial charge in [0.2, 0.25) is 0 Å². The smallest absolute Gasteiger partial charge is 0.263 e. The Morgan fingerprint density at radius 3 is 2.03 bits per heavy atom. The molecule has 2 aromatic carbocycles. The Hall–Kier alpha value is -1.73. The molecule has 0 amide bonds. The van der Waals surface area contributed by atoms with Gasteiger partial charge in [-0.15, -0.1) is 0 Å². The molecule has 0 aliphatic carbocycles. The van der Waals surface area contributed by atoms with Crippen LogP contribution in [0.25, 0.3) is 0 Å². The van der Waals surface area contributed by atoms with E-state index in [0.29, 0.717) is 27.7 Å². The second-order valence-corrected chi connectivity index (χ2v) is 10.2. The van der Waals surface area contributed by atoms with Crippen LogP contribution in [0.1, 0.15) is 33.4 Å². The maximum atomic E-state index is 13.2. The molecule has 0 spiro atoms. The normalized spacial score (nSPS) is 11.7. The second kappa shape index (κ2) is 8.42. The molecule has 160 valence electrons. The summed E-state index contributed by atoms with van der Waals surface area (Å²) in [6.07, 6.45) is 1.55. The van der Waals surface area contributed by atoms with Crippen molar-refractivity contribution in [1.29, 1.82) is 0 Å². The highest BCUT2D eigenvalue weighted by Gasteiger charge is 2.25. The highest BCUT2D eigenvalue weighted by molar-refractivity contribution is 7.92. The number of benzene rings is 2. The highest BCUT2D eigenvalue weighted by Crippen LogP contribution is 2.32. The lowest BCUT2D eigenvalue weighted by Crippen LogP contribution is -2.18. The van der Waals surface area contributed by atoms with Crippen molar-refractivity contribution in [2.75, 3.05) is 4.72 Å². The van der Waals surface area contributed by atoms with E-state index in [1.807, 2.05) is 34.6 Å². The predicted molar refractivity (Wildman–Crippen MR) is 124 cm³/mol. The lowest BCUT2D eigenvalue weighted by Gasteiger charge is -2.18. The van der Waals surface area contributed by atoms with E-state index in [4.69, 9.17) is 34.8 Å². The van der Waals surface area contributed by atoms with E-state index in [0.717, 1.165) is 22.3 Å². The number of aromatic nitrogens is 2. The van der Waals surface area contributed by atoms with Gasteiger partial charge in [-0.05, 0) is 80.1 Å². The zero-order chi connectivity index (χ0) is 22.4. The van der Waals surface area contributed by atoms with Gasteiger partial charge >= 0.3 is 0 Å². The molecule has 0 aliphatic heterocycles. The lowest BCUT2D eigenvalue weighted by molar-refractivity contribution is 0.599. The van der Waals surface area contributed by atoms with Gasteiger partial charge in [0.25, 0.3) is 10.0 Å². The molecule has 9 heteroatoms. The van der Waals surface area contributed by atoms with Gasteiger partial charge in [0.05, 0.1) is 11.4 Å². The largest absolute Gasteiger partial charge is 0.265 e. The van der Waals surface area contributed by atoms with E-state index < -0.39 is 10.0 Å². The summed E-state index contributed by atoms with van der Waals surface area (Å²) in [5, 5.41) is 5.52. The molecule has 30 heavy (non-hydrogen) atoms. The third-order valence-corrected chi connectivity index (χ3v) is 7.97. The first-order chi connectivity index (χ1) is 13.9. The molecular weight excluding hydrogens is 465 g/mol. The summed E-state index contributed by atoms with van der Waals surface area (Å²) in [6.45, 7) is 9.78. The molecule has 5 nitrogen and oxygen atoms in total. The van der Waals surface area contributed by atoms with Crippen LogP contribution < -0.4 is 4.72 Å². The maximum Gasteiger partial charge on any atom is 0.263 e. The zero-order valence-corrected chi connectivity index (χ0v) is 20.4. The standard InChI is InChI=1S/C21H22Cl3N3O2S/c1-11-12(2)14(4)20(15(5)13(11)3)30(28,29)26-21-19(24)10-27(25-21)9-16-6-7-17(22)8-18(16)23/h6-8,10H,9H2,1-5H3,(H,25,26). The van der Waals surface area contributed by atoms with Crippen molar-refractivity contribution in [3.8, 4) is 0 Å². The SMILES string of the molecule is Cc1c(C)c(C)c(S(=O)(=O)Nc2nn(Cc3ccc(Cl)cc3Cl)cc2Cl)c(C)c1C. The van der Waals surface area contributed by atoms with Gasteiger partial charge in [-0.25, -0.2) is 8.42 Å². The third kappa shape index (κ3) is 4.33. The van der Waals surface area contributed by atoms with Crippen LogP contribution in [0.2, 0.25) is 15.1 Å². The summed E-state index contributed by atoms with van der Waals surface area (Å²) < 4.78 is 30.5. The van der Waals surface area contributed by atoms with Crippen LogP contribution in [0.15, 0.2) is 29.3 Å². The van der Waals surface area contributed by atoms with Gasteiger partial charge in [0.1, 0.15) is 5.02 Å². The van der Waals surface area contributed by atoms with Crippen molar-refractivity contribution >= 4 is 50.6 Å². The number of hydrogen-bond acceptors (Lipinski definition) is 3. The fourth-order valence-corrected chi connectivity index (χ4v) is 5.76. The van der Waals surface area contributed by atoms with Crippen molar-refractivity contribution in [2.24, 2.45) is 0 Å². The highest BCUT2D eigenvalue weighted by atomic mass is 35.5. The zero-order valence-electron chi connectivity index (χ0n) is 17.3. The van der Waals surface area contributed by atoms with Crippen molar-refractivity contribution in [2.45, 2.75) is 46.1 Å². The number of nitrogens with one attached hydrogen (secondary N) is 1. The minimum absolute atomic E-state index is 0.0661. The molecule has 1 N–H and O–H groups in total. The Bertz CT molecular complexity index is 1220. The molecule has 0 unspecified atom stereocenters. The van der Waals surface area contributed by atoms with E-state index >= 15 is 0 Å². The monoisotopic (exact) mass is 485 g/mol. The molecule has 0 saturated carbocycles. The average Bonchev–Trinajstić information content (AvgIpc) is 2.99. The van der Waals surface area contributed by atoms with Gasteiger partial charge in [0.15, 0.2) is 5.82 Å². The van der Waals surface area contributed by atoms with Crippen LogP contribution in [-0.2, 0) is 16.6 Å². The number of anilines is 1. The van der Waals surface area contributed by atoms with Crippen LogP contribution in [0.5, 0.6) is 0 Å². The Morgan fingerprint density at radius 1 is 0.900 bits per heavy atom. The number of halogens is 3. The van der Waals surface area contributed by atoms with Crippen LogP contribution in [0.3, 0.4) is 0 Å². The average molecular weight is 487 g/mol. The van der Waals surface area contributed by atoms with Crippen LogP contribution in [0, 0.1) is 34.6 Å². The van der Waals surface area contributed by atoms with Crippen LogP contribution in [-0.4, -0.2) is 18.2 Å². The van der Waals surface area contributed by atoms with E-state index in [1.165, 1.54) is 4.68 Å². The third-order valence-electron chi connectivity index (χ3n) is 5.50. The number of sulfonamides is 1. The van der Waals surface area contributed by atoms with Crippen LogP contribution in [0.4, 0.5) is 5.82 Å². The Balaban J connectivity index is 1.96. The minimum Gasteiger partial charge on any atom is -0.265 e. The molecule has 0 bridgehead atoms. The maximum absolute atomic E-state index is 13.2. The van der Waals surface area contributed by atoms with Gasteiger partial charge in [-0.2, -0.15) is 5.10 Å². The molecule has 0 atom stereocenters. The number of nitrogens with zero attached hydrogens (tertiary/aromatic N) is 2. The van der Waals surface area contributed by atoms with Crippen molar-refractivity contribution in [3.63, 3.8) is 0 Å². The number of hydrogen-bond donors (Lipinski definition) is 1. The van der Waals surface area contributed by atoms with E-state index in [2.05, 4.69) is 9.82 Å². The molecule has 3 rings (SSSR count). The van der Waals surface area contributed by atoms with E-state index in [-0.39, 0.29) is 15.7 Å². The molecule has 0 aliphatic rings. The van der Waals surface area contributed by atoms with Crippen molar-refractivity contribution < 1.29 is 8.42 Å². The molecule has 0 saturated heterocycles. The van der Waals surface area contributed by atoms with Gasteiger partial charge < -0.3 is 0 Å². The van der Waals surface area contributed by atoms with Crippen LogP contribution >= 0.6 is 34.8 Å². The second-order valence-electron chi connectivity index (χ2n) is 7.32. The minimum atomic E-state index is -3.89. The van der Waals surface area contributed by atoms with Crippen molar-refractivity contribution in [3.05, 3.63) is 72.8 Å². The summed E-state index contributed by atoms with van der Waals surface area (Å²) >= 11 is 18.4. The summed E-state index contributed by atoms with van der Waals surface area (Å²) in [5.74, 6) is 0.0661. The molecule has 0 radical (unpaired) electrons. The summed E-state index contributed by atoms with van der Waals surface area (Å²) in [5.41, 5.74) is 5.20. The molecule has 0 fully saturated rings. The van der Waals surface area contributed by atoms with Gasteiger partial charge in [-0.1, -0.05) is 40.9 Å². The Morgan fingerprint density at radius 2 is 1.47 bits per heavy atom. The molecule has 1 heterocycles. The topological polar surface area (TPSA) is 64.0 Å². The Kier molecular flexibility index (Phi) is 6.44. The lowest BCUT2D eigenvalue weighted by atomic mass is 9.95. The first-order valence-corrected chi connectivity index (χ1v) is 11.8. The first-order valence-electron chi connectivity index (χ1n) is 9.19. The number of rotatable bonds is 5. The first kappa shape index (κ1) is 22.9.